The lowest BCUT2D eigenvalue weighted by Gasteiger charge is -2.07. The van der Waals surface area contributed by atoms with Crippen LogP contribution in [0, 0.1) is 11.3 Å². The Morgan fingerprint density at radius 1 is 1.18 bits per heavy atom. The number of nitrogens with zero attached hydrogens (tertiary/aromatic N) is 1. The van der Waals surface area contributed by atoms with Crippen LogP contribution in [0.1, 0.15) is 22.8 Å². The Labute approximate surface area is 167 Å². The lowest BCUT2D eigenvalue weighted by Crippen LogP contribution is -2.15. The maximum absolute atomic E-state index is 12.2. The van der Waals surface area contributed by atoms with Crippen LogP contribution in [-0.4, -0.2) is 32.1 Å². The first-order valence-electron chi connectivity index (χ1n) is 8.37. The van der Waals surface area contributed by atoms with Crippen molar-refractivity contribution in [3.63, 3.8) is 0 Å². The Hall–Kier alpha value is -3.30. The predicted molar refractivity (Wildman–Crippen MR) is 104 cm³/mol. The number of benzene rings is 2. The first kappa shape index (κ1) is 21.0. The fourth-order valence-electron chi connectivity index (χ4n) is 2.26. The molecule has 0 amide bonds. The molecule has 2 aromatic rings. The minimum atomic E-state index is -0.885. The van der Waals surface area contributed by atoms with Crippen LogP contribution in [0.15, 0.2) is 48.0 Å². The van der Waals surface area contributed by atoms with E-state index in [2.05, 4.69) is 0 Å². The van der Waals surface area contributed by atoms with Gasteiger partial charge in [-0.1, -0.05) is 23.7 Å². The van der Waals surface area contributed by atoms with E-state index in [0.717, 1.165) is 0 Å². The van der Waals surface area contributed by atoms with Crippen LogP contribution in [-0.2, 0) is 9.53 Å². The molecule has 28 heavy (non-hydrogen) atoms. The van der Waals surface area contributed by atoms with E-state index in [1.165, 1.54) is 25.3 Å². The third-order valence-corrected chi connectivity index (χ3v) is 3.95. The molecule has 0 heterocycles. The molecule has 6 nitrogen and oxygen atoms in total. The van der Waals surface area contributed by atoms with E-state index in [0.29, 0.717) is 23.7 Å². The second-order valence-electron chi connectivity index (χ2n) is 5.52. The van der Waals surface area contributed by atoms with Gasteiger partial charge in [-0.05, 0) is 48.9 Å². The molecule has 0 unspecified atom stereocenters. The van der Waals surface area contributed by atoms with E-state index in [1.54, 1.807) is 36.4 Å². The molecule has 0 N–H and O–H groups in total. The first-order valence-corrected chi connectivity index (χ1v) is 8.74. The smallest absolute Gasteiger partial charge is 0.349 e. The van der Waals surface area contributed by atoms with Gasteiger partial charge in [0.15, 0.2) is 12.4 Å². The number of halogens is 1. The van der Waals surface area contributed by atoms with Crippen molar-refractivity contribution in [3.05, 3.63) is 64.2 Å². The Morgan fingerprint density at radius 3 is 2.46 bits per heavy atom. The number of hydrogen-bond donors (Lipinski definition) is 0. The standard InChI is InChI=1S/C21H18ClNO5/c1-3-27-17-7-4-14(5-8-17)10-16(12-23)21(25)28-13-19(24)15-6-9-20(26-2)18(22)11-15/h4-11H,3,13H2,1-2H3/b16-10+. The number of rotatable bonds is 8. The van der Waals surface area contributed by atoms with Crippen molar-refractivity contribution >= 4 is 29.4 Å². The maximum Gasteiger partial charge on any atom is 0.349 e. The van der Waals surface area contributed by atoms with Crippen LogP contribution < -0.4 is 9.47 Å². The zero-order valence-electron chi connectivity index (χ0n) is 15.4. The van der Waals surface area contributed by atoms with Gasteiger partial charge in [0.25, 0.3) is 0 Å². The highest BCUT2D eigenvalue weighted by molar-refractivity contribution is 6.32. The van der Waals surface area contributed by atoms with Crippen LogP contribution in [0.4, 0.5) is 0 Å². The van der Waals surface area contributed by atoms with Gasteiger partial charge in [-0.15, -0.1) is 0 Å². The Balaban J connectivity index is 2.02. The van der Waals surface area contributed by atoms with Gasteiger partial charge in [0, 0.05) is 5.56 Å². The van der Waals surface area contributed by atoms with Crippen LogP contribution in [0.25, 0.3) is 6.08 Å². The molecule has 0 aliphatic heterocycles. The summed E-state index contributed by atoms with van der Waals surface area (Å²) in [4.78, 5) is 24.3. The number of ether oxygens (including phenoxy) is 3. The average molecular weight is 400 g/mol. The second-order valence-corrected chi connectivity index (χ2v) is 5.93. The van der Waals surface area contributed by atoms with Crippen LogP contribution >= 0.6 is 11.6 Å². The molecular formula is C21H18ClNO5. The quantitative estimate of drug-likeness (QED) is 0.288. The van der Waals surface area contributed by atoms with E-state index < -0.39 is 18.4 Å². The van der Waals surface area contributed by atoms with Gasteiger partial charge < -0.3 is 14.2 Å². The summed E-state index contributed by atoms with van der Waals surface area (Å²) in [6.07, 6.45) is 1.38. The zero-order chi connectivity index (χ0) is 20.5. The summed E-state index contributed by atoms with van der Waals surface area (Å²) in [6, 6.07) is 13.1. The fourth-order valence-corrected chi connectivity index (χ4v) is 2.52. The molecule has 0 radical (unpaired) electrons. The number of Topliss-reactive ketones (excluding diaryl/α,β-unsaturated/α-hetero) is 1. The molecule has 0 spiro atoms. The van der Waals surface area contributed by atoms with Crippen molar-refractivity contribution < 1.29 is 23.8 Å². The van der Waals surface area contributed by atoms with Gasteiger partial charge in [0.05, 0.1) is 18.7 Å². The molecule has 7 heteroatoms. The number of nitriles is 1. The lowest BCUT2D eigenvalue weighted by atomic mass is 10.1. The molecule has 144 valence electrons. The minimum absolute atomic E-state index is 0.218. The van der Waals surface area contributed by atoms with E-state index in [4.69, 9.17) is 25.8 Å². The lowest BCUT2D eigenvalue weighted by molar-refractivity contribution is -0.137. The summed E-state index contributed by atoms with van der Waals surface area (Å²) in [5, 5.41) is 9.48. The summed E-state index contributed by atoms with van der Waals surface area (Å²) < 4.78 is 15.3. The van der Waals surface area contributed by atoms with Crippen molar-refractivity contribution in [2.45, 2.75) is 6.92 Å². The van der Waals surface area contributed by atoms with Gasteiger partial charge >= 0.3 is 5.97 Å². The van der Waals surface area contributed by atoms with Gasteiger partial charge in [0.2, 0.25) is 0 Å². The number of carbonyl (C=O) groups is 2. The molecule has 0 aromatic heterocycles. The Morgan fingerprint density at radius 2 is 1.89 bits per heavy atom. The average Bonchev–Trinajstić information content (AvgIpc) is 2.71. The van der Waals surface area contributed by atoms with E-state index >= 15 is 0 Å². The summed E-state index contributed by atoms with van der Waals surface area (Å²) in [7, 11) is 1.46. The normalized spacial score (nSPS) is 10.7. The molecule has 0 fully saturated rings. The second kappa shape index (κ2) is 10.1. The highest BCUT2D eigenvalue weighted by Gasteiger charge is 2.15. The summed E-state index contributed by atoms with van der Waals surface area (Å²) >= 11 is 5.98. The fraction of sp³-hybridized carbons (Fsp3) is 0.190. The molecule has 2 rings (SSSR count). The summed E-state index contributed by atoms with van der Waals surface area (Å²) in [6.45, 7) is 1.90. The van der Waals surface area contributed by atoms with Crippen molar-refractivity contribution in [2.75, 3.05) is 20.3 Å². The molecule has 0 saturated carbocycles. The Bertz CT molecular complexity index is 929. The first-order chi connectivity index (χ1) is 13.5. The largest absolute Gasteiger partial charge is 0.495 e. The van der Waals surface area contributed by atoms with Crippen molar-refractivity contribution in [2.24, 2.45) is 0 Å². The monoisotopic (exact) mass is 399 g/mol. The molecule has 0 bridgehead atoms. The number of carbonyl (C=O) groups excluding carboxylic acids is 2. The van der Waals surface area contributed by atoms with Gasteiger partial charge in [0.1, 0.15) is 23.1 Å². The van der Waals surface area contributed by atoms with E-state index in [-0.39, 0.29) is 16.2 Å². The van der Waals surface area contributed by atoms with Gasteiger partial charge in [-0.2, -0.15) is 5.26 Å². The summed E-state index contributed by atoms with van der Waals surface area (Å²) in [5.41, 5.74) is 0.683. The van der Waals surface area contributed by atoms with Gasteiger partial charge in [-0.3, -0.25) is 4.79 Å². The predicted octanol–water partition coefficient (Wildman–Crippen LogP) is 4.08. The van der Waals surface area contributed by atoms with Crippen LogP contribution in [0.5, 0.6) is 11.5 Å². The Kier molecular flexibility index (Phi) is 7.61. The number of esters is 1. The SMILES string of the molecule is CCOc1ccc(/C=C(\C#N)C(=O)OCC(=O)c2ccc(OC)c(Cl)c2)cc1. The van der Waals surface area contributed by atoms with Gasteiger partial charge in [-0.25, -0.2) is 4.79 Å². The third-order valence-electron chi connectivity index (χ3n) is 3.65. The highest BCUT2D eigenvalue weighted by atomic mass is 35.5. The van der Waals surface area contributed by atoms with Crippen molar-refractivity contribution in [1.82, 2.24) is 0 Å². The number of ketones is 1. The molecular weight excluding hydrogens is 382 g/mol. The molecule has 0 aliphatic rings. The van der Waals surface area contributed by atoms with Crippen molar-refractivity contribution in [1.29, 1.82) is 5.26 Å². The topological polar surface area (TPSA) is 85.6 Å². The van der Waals surface area contributed by atoms with E-state index in [1.807, 2.05) is 6.92 Å². The number of methoxy groups -OCH3 is 1. The molecule has 0 saturated heterocycles. The van der Waals surface area contributed by atoms with E-state index in [9.17, 15) is 14.9 Å². The summed E-state index contributed by atoms with van der Waals surface area (Å²) in [5.74, 6) is -0.217. The van der Waals surface area contributed by atoms with Crippen molar-refractivity contribution in [3.8, 4) is 17.6 Å². The highest BCUT2D eigenvalue weighted by Crippen LogP contribution is 2.25. The van der Waals surface area contributed by atoms with Crippen LogP contribution in [0.3, 0.4) is 0 Å². The minimum Gasteiger partial charge on any atom is -0.495 e. The zero-order valence-corrected chi connectivity index (χ0v) is 16.2. The maximum atomic E-state index is 12.2. The van der Waals surface area contributed by atoms with Crippen LogP contribution in [0.2, 0.25) is 5.02 Å². The molecule has 0 atom stereocenters. The molecule has 2 aromatic carbocycles. The number of hydrogen-bond acceptors (Lipinski definition) is 6. The molecule has 0 aliphatic carbocycles. The third kappa shape index (κ3) is 5.60.